The summed E-state index contributed by atoms with van der Waals surface area (Å²) in [4.78, 5) is 11.9. The standard InChI is InChI=1S/C18H20ClFN2O4S/c1-2-3-10-21-27(24,25)13-8-9-17(14(19)11-13)26-12-18(23)22-16-7-5-4-6-15(16)20/h4-9,11,21H,2-3,10,12H2,1H3,(H,22,23). The quantitative estimate of drug-likeness (QED) is 0.614. The molecule has 9 heteroatoms. The SMILES string of the molecule is CCCCNS(=O)(=O)c1ccc(OCC(=O)Nc2ccccc2F)c(Cl)c1. The van der Waals surface area contributed by atoms with E-state index in [1.165, 1.54) is 36.4 Å². The van der Waals surface area contributed by atoms with Crippen LogP contribution >= 0.6 is 11.6 Å². The third-order valence-electron chi connectivity index (χ3n) is 3.54. The maximum atomic E-state index is 13.5. The molecule has 2 aromatic carbocycles. The number of rotatable bonds is 9. The lowest BCUT2D eigenvalue weighted by Gasteiger charge is -2.11. The molecule has 0 bridgehead atoms. The molecule has 1 amide bonds. The average molecular weight is 415 g/mol. The number of amides is 1. The van der Waals surface area contributed by atoms with Crippen LogP contribution < -0.4 is 14.8 Å². The fourth-order valence-corrected chi connectivity index (χ4v) is 3.52. The van der Waals surface area contributed by atoms with Gasteiger partial charge in [-0.15, -0.1) is 0 Å². The second kappa shape index (κ2) is 9.68. The Morgan fingerprint density at radius 1 is 1.22 bits per heavy atom. The molecule has 27 heavy (non-hydrogen) atoms. The summed E-state index contributed by atoms with van der Waals surface area (Å²) >= 11 is 6.06. The molecule has 2 N–H and O–H groups in total. The number of nitrogens with one attached hydrogen (secondary N) is 2. The average Bonchev–Trinajstić information content (AvgIpc) is 2.62. The van der Waals surface area contributed by atoms with Crippen LogP contribution in [0.4, 0.5) is 10.1 Å². The predicted octanol–water partition coefficient (Wildman–Crippen LogP) is 3.58. The molecule has 0 radical (unpaired) electrons. The highest BCUT2D eigenvalue weighted by Gasteiger charge is 2.16. The Labute approximate surface area is 162 Å². The van der Waals surface area contributed by atoms with Crippen molar-refractivity contribution >= 4 is 33.2 Å². The molecular weight excluding hydrogens is 395 g/mol. The summed E-state index contributed by atoms with van der Waals surface area (Å²) in [7, 11) is -3.66. The van der Waals surface area contributed by atoms with E-state index in [1.54, 1.807) is 6.07 Å². The lowest BCUT2D eigenvalue weighted by atomic mass is 10.3. The Balaban J connectivity index is 1.97. The van der Waals surface area contributed by atoms with Gasteiger partial charge in [-0.3, -0.25) is 4.79 Å². The van der Waals surface area contributed by atoms with Crippen LogP contribution in [0.1, 0.15) is 19.8 Å². The number of anilines is 1. The molecule has 0 saturated carbocycles. The van der Waals surface area contributed by atoms with E-state index >= 15 is 0 Å². The minimum absolute atomic E-state index is 0.00626. The van der Waals surface area contributed by atoms with E-state index in [-0.39, 0.29) is 21.4 Å². The highest BCUT2D eigenvalue weighted by atomic mass is 35.5. The number of para-hydroxylation sites is 1. The number of halogens is 2. The zero-order valence-electron chi connectivity index (χ0n) is 14.7. The molecule has 0 heterocycles. The lowest BCUT2D eigenvalue weighted by Crippen LogP contribution is -2.24. The van der Waals surface area contributed by atoms with Gasteiger partial charge < -0.3 is 10.1 Å². The van der Waals surface area contributed by atoms with Gasteiger partial charge in [-0.05, 0) is 36.8 Å². The number of hydrogen-bond acceptors (Lipinski definition) is 4. The highest BCUT2D eigenvalue weighted by molar-refractivity contribution is 7.89. The first kappa shape index (κ1) is 21.1. The number of carbonyl (C=O) groups is 1. The lowest BCUT2D eigenvalue weighted by molar-refractivity contribution is -0.118. The minimum atomic E-state index is -3.66. The monoisotopic (exact) mass is 414 g/mol. The van der Waals surface area contributed by atoms with Crippen LogP contribution in [0.2, 0.25) is 5.02 Å². The van der Waals surface area contributed by atoms with Crippen LogP contribution in [0.5, 0.6) is 5.75 Å². The van der Waals surface area contributed by atoms with Crippen LogP contribution in [0.3, 0.4) is 0 Å². The molecule has 0 spiro atoms. The number of carbonyl (C=O) groups excluding carboxylic acids is 1. The fourth-order valence-electron chi connectivity index (χ4n) is 2.12. The predicted molar refractivity (Wildman–Crippen MR) is 102 cm³/mol. The van der Waals surface area contributed by atoms with Gasteiger partial charge in [-0.1, -0.05) is 37.1 Å². The zero-order chi connectivity index (χ0) is 19.9. The third-order valence-corrected chi connectivity index (χ3v) is 5.30. The maximum Gasteiger partial charge on any atom is 0.262 e. The maximum absolute atomic E-state index is 13.5. The first-order chi connectivity index (χ1) is 12.8. The van der Waals surface area contributed by atoms with Gasteiger partial charge in [0, 0.05) is 6.54 Å². The Hall–Kier alpha value is -2.16. The Kier molecular flexibility index (Phi) is 7.58. The van der Waals surface area contributed by atoms with Crippen molar-refractivity contribution in [2.75, 3.05) is 18.5 Å². The van der Waals surface area contributed by atoms with E-state index < -0.39 is 28.4 Å². The molecule has 0 saturated heterocycles. The van der Waals surface area contributed by atoms with Crippen molar-refractivity contribution in [3.05, 3.63) is 53.3 Å². The van der Waals surface area contributed by atoms with E-state index in [9.17, 15) is 17.6 Å². The Morgan fingerprint density at radius 3 is 2.63 bits per heavy atom. The molecule has 0 fully saturated rings. The number of hydrogen-bond donors (Lipinski definition) is 2. The van der Waals surface area contributed by atoms with Gasteiger partial charge in [0.1, 0.15) is 11.6 Å². The molecule has 2 rings (SSSR count). The first-order valence-corrected chi connectivity index (χ1v) is 10.2. The summed E-state index contributed by atoms with van der Waals surface area (Å²) in [6, 6.07) is 9.70. The van der Waals surface area contributed by atoms with Crippen molar-refractivity contribution in [2.24, 2.45) is 0 Å². The van der Waals surface area contributed by atoms with E-state index in [2.05, 4.69) is 10.0 Å². The summed E-state index contributed by atoms with van der Waals surface area (Å²) < 4.78 is 45.6. The van der Waals surface area contributed by atoms with Crippen LogP contribution in [0.25, 0.3) is 0 Å². The summed E-state index contributed by atoms with van der Waals surface area (Å²) in [6.45, 7) is 1.89. The van der Waals surface area contributed by atoms with Crippen molar-refractivity contribution < 1.29 is 22.3 Å². The van der Waals surface area contributed by atoms with Crippen molar-refractivity contribution in [3.8, 4) is 5.75 Å². The second-order valence-electron chi connectivity index (χ2n) is 5.66. The summed E-state index contributed by atoms with van der Waals surface area (Å²) in [5.74, 6) is -0.990. The van der Waals surface area contributed by atoms with Crippen LogP contribution in [-0.2, 0) is 14.8 Å². The third kappa shape index (κ3) is 6.20. The molecule has 0 unspecified atom stereocenters. The van der Waals surface area contributed by atoms with Crippen LogP contribution in [0.15, 0.2) is 47.4 Å². The van der Waals surface area contributed by atoms with E-state index in [4.69, 9.17) is 16.3 Å². The number of ether oxygens (including phenoxy) is 1. The molecule has 0 atom stereocenters. The number of sulfonamides is 1. The molecule has 0 aliphatic rings. The fraction of sp³-hybridized carbons (Fsp3) is 0.278. The van der Waals surface area contributed by atoms with E-state index in [0.29, 0.717) is 6.54 Å². The second-order valence-corrected chi connectivity index (χ2v) is 7.83. The highest BCUT2D eigenvalue weighted by Crippen LogP contribution is 2.27. The van der Waals surface area contributed by atoms with Gasteiger partial charge in [0.25, 0.3) is 5.91 Å². The molecule has 6 nitrogen and oxygen atoms in total. The molecule has 0 aliphatic carbocycles. The molecule has 0 aliphatic heterocycles. The number of benzene rings is 2. The van der Waals surface area contributed by atoms with Gasteiger partial charge in [-0.2, -0.15) is 0 Å². The van der Waals surface area contributed by atoms with Gasteiger partial charge in [0.05, 0.1) is 15.6 Å². The molecule has 2 aromatic rings. The van der Waals surface area contributed by atoms with Crippen LogP contribution in [-0.4, -0.2) is 27.5 Å². The van der Waals surface area contributed by atoms with E-state index in [1.807, 2.05) is 6.92 Å². The van der Waals surface area contributed by atoms with Crippen molar-refractivity contribution in [1.82, 2.24) is 4.72 Å². The zero-order valence-corrected chi connectivity index (χ0v) is 16.2. The van der Waals surface area contributed by atoms with Gasteiger partial charge >= 0.3 is 0 Å². The van der Waals surface area contributed by atoms with Crippen LogP contribution in [0, 0.1) is 5.82 Å². The smallest absolute Gasteiger partial charge is 0.262 e. The van der Waals surface area contributed by atoms with Crippen molar-refractivity contribution in [2.45, 2.75) is 24.7 Å². The molecule has 0 aromatic heterocycles. The largest absolute Gasteiger partial charge is 0.482 e. The van der Waals surface area contributed by atoms with Gasteiger partial charge in [0.15, 0.2) is 6.61 Å². The Bertz CT molecular complexity index is 906. The normalized spacial score (nSPS) is 11.2. The van der Waals surface area contributed by atoms with E-state index in [0.717, 1.165) is 12.8 Å². The topological polar surface area (TPSA) is 84.5 Å². The Morgan fingerprint density at radius 2 is 1.96 bits per heavy atom. The molecule has 146 valence electrons. The molecular formula is C18H20ClFN2O4S. The number of unbranched alkanes of at least 4 members (excludes halogenated alkanes) is 1. The van der Waals surface area contributed by atoms with Gasteiger partial charge in [-0.25, -0.2) is 17.5 Å². The van der Waals surface area contributed by atoms with Crippen molar-refractivity contribution in [3.63, 3.8) is 0 Å². The summed E-state index contributed by atoms with van der Waals surface area (Å²) in [6.07, 6.45) is 1.59. The first-order valence-electron chi connectivity index (χ1n) is 8.30. The minimum Gasteiger partial charge on any atom is -0.482 e. The summed E-state index contributed by atoms with van der Waals surface area (Å²) in [5.41, 5.74) is 0.0387. The van der Waals surface area contributed by atoms with Gasteiger partial charge in [0.2, 0.25) is 10.0 Å². The summed E-state index contributed by atoms with van der Waals surface area (Å²) in [5, 5.41) is 2.42. The van der Waals surface area contributed by atoms with Crippen molar-refractivity contribution in [1.29, 1.82) is 0 Å².